The van der Waals surface area contributed by atoms with E-state index in [9.17, 15) is 0 Å². The molecular weight excluding hydrogens is 659 g/mol. The van der Waals surface area contributed by atoms with E-state index < -0.39 is 0 Å². The van der Waals surface area contributed by atoms with Gasteiger partial charge in [-0.25, -0.2) is 9.97 Å². The highest BCUT2D eigenvalue weighted by Gasteiger charge is 2.24. The quantitative estimate of drug-likeness (QED) is 0.186. The second kappa shape index (κ2) is 11.1. The number of furan rings is 1. The highest BCUT2D eigenvalue weighted by molar-refractivity contribution is 6.29. The van der Waals surface area contributed by atoms with Crippen LogP contribution in [0.1, 0.15) is 0 Å². The van der Waals surface area contributed by atoms with Gasteiger partial charge < -0.3 is 8.98 Å². The van der Waals surface area contributed by atoms with Gasteiger partial charge in [-0.3, -0.25) is 0 Å². The van der Waals surface area contributed by atoms with Gasteiger partial charge in [-0.05, 0) is 74.8 Å². The van der Waals surface area contributed by atoms with Crippen LogP contribution >= 0.6 is 0 Å². The monoisotopic (exact) mass is 687 g/mol. The molecule has 0 aliphatic carbocycles. The minimum Gasteiger partial charge on any atom is -0.455 e. The van der Waals surface area contributed by atoms with Gasteiger partial charge in [-0.15, -0.1) is 0 Å². The van der Waals surface area contributed by atoms with Crippen LogP contribution in [0.4, 0.5) is 0 Å². The van der Waals surface area contributed by atoms with Crippen molar-refractivity contribution in [2.24, 2.45) is 0 Å². The van der Waals surface area contributed by atoms with Crippen molar-refractivity contribution in [1.82, 2.24) is 14.5 Å². The molecular formula is C50H29N3O. The normalized spacial score (nSPS) is 12.1. The summed E-state index contributed by atoms with van der Waals surface area (Å²) in [5, 5.41) is 12.8. The van der Waals surface area contributed by atoms with E-state index in [2.05, 4.69) is 162 Å². The van der Waals surface area contributed by atoms with Gasteiger partial charge in [0.2, 0.25) is 0 Å². The van der Waals surface area contributed by atoms with E-state index in [1.807, 2.05) is 18.2 Å². The lowest BCUT2D eigenvalue weighted by Crippen LogP contribution is -1.98. The standard InChI is InChI=1S/C50H29N3O/c1-2-14-32(15-3-1)48-37-20-10-11-21-40(37)51-50(52-48)38-24-27-43(47-39-28-33-16-4-5-17-34(33)29-44(39)54-49(38)47)53-41-25-22-30-12-6-8-18-35(30)45(41)46-36-19-9-7-13-31(36)23-26-42(46)53/h1-29H. The minimum absolute atomic E-state index is 0.631. The maximum Gasteiger partial charge on any atom is 0.164 e. The fourth-order valence-electron chi connectivity index (χ4n) is 8.73. The number of aromatic nitrogens is 3. The van der Waals surface area contributed by atoms with Crippen LogP contribution in [-0.2, 0) is 0 Å². The van der Waals surface area contributed by atoms with E-state index in [4.69, 9.17) is 14.4 Å². The predicted octanol–water partition coefficient (Wildman–Crippen LogP) is 13.4. The Morgan fingerprint density at radius 1 is 0.426 bits per heavy atom. The molecule has 0 amide bonds. The number of hydrogen-bond acceptors (Lipinski definition) is 3. The first-order valence-electron chi connectivity index (χ1n) is 18.3. The van der Waals surface area contributed by atoms with Gasteiger partial charge in [-0.2, -0.15) is 0 Å². The van der Waals surface area contributed by atoms with E-state index in [0.29, 0.717) is 5.82 Å². The van der Waals surface area contributed by atoms with Gasteiger partial charge in [-0.1, -0.05) is 133 Å². The Morgan fingerprint density at radius 3 is 1.72 bits per heavy atom. The molecule has 0 spiro atoms. The molecule has 0 saturated heterocycles. The van der Waals surface area contributed by atoms with Crippen LogP contribution in [0.15, 0.2) is 180 Å². The Morgan fingerprint density at radius 2 is 1.02 bits per heavy atom. The summed E-state index contributed by atoms with van der Waals surface area (Å²) in [6.45, 7) is 0. The van der Waals surface area contributed by atoms with Gasteiger partial charge in [0, 0.05) is 27.1 Å². The molecule has 54 heavy (non-hydrogen) atoms. The van der Waals surface area contributed by atoms with Crippen molar-refractivity contribution < 1.29 is 4.42 Å². The van der Waals surface area contributed by atoms with Crippen molar-refractivity contribution in [2.45, 2.75) is 0 Å². The minimum atomic E-state index is 0.631. The molecule has 4 heteroatoms. The molecule has 0 fully saturated rings. The summed E-state index contributed by atoms with van der Waals surface area (Å²) in [6.07, 6.45) is 0. The molecule has 0 aliphatic heterocycles. The Kier molecular flexibility index (Phi) is 6.02. The molecule has 12 rings (SSSR count). The van der Waals surface area contributed by atoms with Crippen LogP contribution in [0.3, 0.4) is 0 Å². The molecule has 0 atom stereocenters. The molecule has 0 aliphatic rings. The van der Waals surface area contributed by atoms with Crippen LogP contribution < -0.4 is 0 Å². The first-order chi connectivity index (χ1) is 26.8. The van der Waals surface area contributed by atoms with Gasteiger partial charge in [0.05, 0.1) is 38.9 Å². The number of benzene rings is 9. The Hall–Kier alpha value is -7.30. The predicted molar refractivity (Wildman–Crippen MR) is 225 cm³/mol. The van der Waals surface area contributed by atoms with E-state index in [-0.39, 0.29) is 0 Å². The summed E-state index contributed by atoms with van der Waals surface area (Å²) in [5.41, 5.74) is 8.65. The van der Waals surface area contributed by atoms with E-state index in [1.165, 1.54) is 32.3 Å². The fourth-order valence-corrected chi connectivity index (χ4v) is 8.73. The summed E-state index contributed by atoms with van der Waals surface area (Å²) < 4.78 is 9.45. The second-order valence-corrected chi connectivity index (χ2v) is 14.1. The Bertz CT molecular complexity index is 3410. The van der Waals surface area contributed by atoms with Gasteiger partial charge in [0.15, 0.2) is 5.82 Å². The molecule has 0 radical (unpaired) electrons. The third-order valence-corrected chi connectivity index (χ3v) is 11.1. The Labute approximate surface area is 309 Å². The van der Waals surface area contributed by atoms with Crippen LogP contribution in [0, 0.1) is 0 Å². The number of rotatable bonds is 3. The Balaban J connectivity index is 1.24. The SMILES string of the molecule is c1ccc(-c2nc(-c3ccc(-n4c5ccc6ccccc6c5c5c6ccccc6ccc54)c4c3oc3cc5ccccc5cc34)nc3ccccc23)cc1. The highest BCUT2D eigenvalue weighted by atomic mass is 16.3. The lowest BCUT2D eigenvalue weighted by Gasteiger charge is -2.13. The van der Waals surface area contributed by atoms with Gasteiger partial charge >= 0.3 is 0 Å². The van der Waals surface area contributed by atoms with E-state index in [1.54, 1.807) is 0 Å². The third-order valence-electron chi connectivity index (χ3n) is 11.1. The molecule has 0 unspecified atom stereocenters. The van der Waals surface area contributed by atoms with Crippen molar-refractivity contribution in [3.8, 4) is 28.3 Å². The average molecular weight is 688 g/mol. The van der Waals surface area contributed by atoms with Crippen molar-refractivity contribution in [1.29, 1.82) is 0 Å². The van der Waals surface area contributed by atoms with Gasteiger partial charge in [0.1, 0.15) is 11.2 Å². The molecule has 4 nitrogen and oxygen atoms in total. The summed E-state index contributed by atoms with van der Waals surface area (Å²) in [5.74, 6) is 0.631. The van der Waals surface area contributed by atoms with E-state index in [0.717, 1.165) is 77.2 Å². The first kappa shape index (κ1) is 29.3. The number of para-hydroxylation sites is 1. The summed E-state index contributed by atoms with van der Waals surface area (Å²) in [6, 6.07) is 62.5. The molecule has 0 saturated carbocycles. The maximum atomic E-state index is 7.01. The van der Waals surface area contributed by atoms with Gasteiger partial charge in [0.25, 0.3) is 0 Å². The largest absolute Gasteiger partial charge is 0.455 e. The second-order valence-electron chi connectivity index (χ2n) is 14.1. The van der Waals surface area contributed by atoms with Crippen molar-refractivity contribution in [3.63, 3.8) is 0 Å². The molecule has 12 aromatic rings. The smallest absolute Gasteiger partial charge is 0.164 e. The number of nitrogens with zero attached hydrogens (tertiary/aromatic N) is 3. The fraction of sp³-hybridized carbons (Fsp3) is 0. The average Bonchev–Trinajstić information content (AvgIpc) is 3.78. The molecule has 9 aromatic carbocycles. The number of fused-ring (bicyclic) bond motifs is 12. The zero-order chi connectivity index (χ0) is 35.3. The zero-order valence-corrected chi connectivity index (χ0v) is 29.0. The molecule has 3 aromatic heterocycles. The van der Waals surface area contributed by atoms with Crippen molar-refractivity contribution >= 4 is 87.0 Å². The van der Waals surface area contributed by atoms with Crippen LogP contribution in [0.25, 0.3) is 115 Å². The van der Waals surface area contributed by atoms with Crippen molar-refractivity contribution in [2.75, 3.05) is 0 Å². The zero-order valence-electron chi connectivity index (χ0n) is 29.0. The molecule has 0 N–H and O–H groups in total. The topological polar surface area (TPSA) is 43.9 Å². The van der Waals surface area contributed by atoms with Crippen LogP contribution in [-0.4, -0.2) is 14.5 Å². The first-order valence-corrected chi connectivity index (χ1v) is 18.3. The van der Waals surface area contributed by atoms with E-state index >= 15 is 0 Å². The molecule has 0 bridgehead atoms. The number of hydrogen-bond donors (Lipinski definition) is 0. The lowest BCUT2D eigenvalue weighted by atomic mass is 10.00. The highest BCUT2D eigenvalue weighted by Crippen LogP contribution is 2.46. The third kappa shape index (κ3) is 4.13. The molecule has 250 valence electrons. The summed E-state index contributed by atoms with van der Waals surface area (Å²) in [4.78, 5) is 10.5. The summed E-state index contributed by atoms with van der Waals surface area (Å²) in [7, 11) is 0. The molecule has 3 heterocycles. The van der Waals surface area contributed by atoms with Crippen LogP contribution in [0.5, 0.6) is 0 Å². The summed E-state index contributed by atoms with van der Waals surface area (Å²) >= 11 is 0. The van der Waals surface area contributed by atoms with Crippen molar-refractivity contribution in [3.05, 3.63) is 176 Å². The maximum absolute atomic E-state index is 7.01. The lowest BCUT2D eigenvalue weighted by molar-refractivity contribution is 0.670. The van der Waals surface area contributed by atoms with Crippen LogP contribution in [0.2, 0.25) is 0 Å².